The van der Waals surface area contributed by atoms with Gasteiger partial charge in [-0.15, -0.1) is 0 Å². The maximum absolute atomic E-state index is 12.5. The molecule has 1 saturated carbocycles. The number of amides is 1. The van der Waals surface area contributed by atoms with Crippen LogP contribution in [0.1, 0.15) is 18.4 Å². The molecule has 4 nitrogen and oxygen atoms in total. The fourth-order valence-corrected chi connectivity index (χ4v) is 3.78. The number of aliphatic carboxylic acids is 1. The van der Waals surface area contributed by atoms with Gasteiger partial charge in [0.2, 0.25) is 5.91 Å². The molecule has 2 bridgehead atoms. The summed E-state index contributed by atoms with van der Waals surface area (Å²) in [6.07, 6.45) is 6.59. The number of nitrogens with one attached hydrogen (secondary N) is 1. The Balaban J connectivity index is 1.61. The van der Waals surface area contributed by atoms with Gasteiger partial charge in [-0.1, -0.05) is 42.5 Å². The highest BCUT2D eigenvalue weighted by molar-refractivity contribution is 5.86. The Bertz CT molecular complexity index is 581. The van der Waals surface area contributed by atoms with Crippen LogP contribution in [0.25, 0.3) is 0 Å². The molecule has 1 aromatic carbocycles. The number of hydrogen-bond acceptors (Lipinski definition) is 2. The molecule has 0 aromatic heterocycles. The second kappa shape index (κ2) is 6.34. The van der Waals surface area contributed by atoms with Gasteiger partial charge in [0.25, 0.3) is 0 Å². The van der Waals surface area contributed by atoms with Gasteiger partial charge in [-0.2, -0.15) is 0 Å². The van der Waals surface area contributed by atoms with Crippen LogP contribution in [0.4, 0.5) is 0 Å². The zero-order valence-corrected chi connectivity index (χ0v) is 12.4. The van der Waals surface area contributed by atoms with Crippen LogP contribution >= 0.6 is 0 Å². The smallest absolute Gasteiger partial charge is 0.307 e. The molecule has 4 atom stereocenters. The van der Waals surface area contributed by atoms with Crippen molar-refractivity contribution in [3.63, 3.8) is 0 Å². The standard InChI is InChI=1S/C18H21NO3/c20-17(19-11-10-12-4-2-1-3-5-12)15-13-6-8-14(9-7-13)16(15)18(21)22/h1-6,8,13-16H,7,9-11H2,(H,19,20)(H,21,22)/t13-,14+,15+,16+/m1/s1. The van der Waals surface area contributed by atoms with Crippen molar-refractivity contribution in [2.45, 2.75) is 19.3 Å². The van der Waals surface area contributed by atoms with Crippen LogP contribution < -0.4 is 5.32 Å². The topological polar surface area (TPSA) is 66.4 Å². The van der Waals surface area contributed by atoms with E-state index < -0.39 is 17.8 Å². The lowest BCUT2D eigenvalue weighted by Crippen LogP contribution is -2.49. The summed E-state index contributed by atoms with van der Waals surface area (Å²) in [7, 11) is 0. The average Bonchev–Trinajstić information content (AvgIpc) is 2.55. The molecule has 3 aliphatic carbocycles. The Labute approximate surface area is 130 Å². The van der Waals surface area contributed by atoms with E-state index in [-0.39, 0.29) is 17.7 Å². The van der Waals surface area contributed by atoms with Crippen molar-refractivity contribution in [3.05, 3.63) is 48.0 Å². The maximum atomic E-state index is 12.5. The molecule has 0 heterocycles. The van der Waals surface area contributed by atoms with Gasteiger partial charge in [0, 0.05) is 6.54 Å². The average molecular weight is 299 g/mol. The van der Waals surface area contributed by atoms with E-state index in [2.05, 4.69) is 5.32 Å². The van der Waals surface area contributed by atoms with Crippen LogP contribution in [0.5, 0.6) is 0 Å². The fourth-order valence-electron chi connectivity index (χ4n) is 3.78. The van der Waals surface area contributed by atoms with Gasteiger partial charge in [-0.3, -0.25) is 9.59 Å². The van der Waals surface area contributed by atoms with E-state index in [0.717, 1.165) is 19.3 Å². The van der Waals surface area contributed by atoms with Gasteiger partial charge in [0.05, 0.1) is 11.8 Å². The van der Waals surface area contributed by atoms with Crippen molar-refractivity contribution < 1.29 is 14.7 Å². The third kappa shape index (κ3) is 2.91. The number of carboxylic acids is 1. The number of fused-ring (bicyclic) bond motifs is 2. The molecule has 1 fully saturated rings. The molecule has 0 spiro atoms. The molecule has 4 heteroatoms. The molecular formula is C18H21NO3. The number of carbonyl (C=O) groups is 2. The summed E-state index contributed by atoms with van der Waals surface area (Å²) in [5, 5.41) is 12.4. The van der Waals surface area contributed by atoms with Gasteiger partial charge in [0.15, 0.2) is 0 Å². The minimum absolute atomic E-state index is 0.00683. The normalized spacial score (nSPS) is 29.3. The number of benzene rings is 1. The predicted molar refractivity (Wildman–Crippen MR) is 83.1 cm³/mol. The minimum atomic E-state index is -0.845. The first-order valence-electron chi connectivity index (χ1n) is 7.89. The maximum Gasteiger partial charge on any atom is 0.307 e. The monoisotopic (exact) mass is 299 g/mol. The molecule has 0 aliphatic heterocycles. The van der Waals surface area contributed by atoms with E-state index in [9.17, 15) is 14.7 Å². The molecule has 4 rings (SSSR count). The number of hydrogen-bond donors (Lipinski definition) is 2. The number of carboxylic acid groups (broad SMARTS) is 1. The Kier molecular flexibility index (Phi) is 4.27. The Morgan fingerprint density at radius 2 is 1.68 bits per heavy atom. The van der Waals surface area contributed by atoms with Crippen LogP contribution in [0.2, 0.25) is 0 Å². The zero-order valence-electron chi connectivity index (χ0n) is 12.4. The third-order valence-electron chi connectivity index (χ3n) is 4.89. The highest BCUT2D eigenvalue weighted by Crippen LogP contribution is 2.44. The van der Waals surface area contributed by atoms with Crippen LogP contribution in [-0.4, -0.2) is 23.5 Å². The summed E-state index contributed by atoms with van der Waals surface area (Å²) >= 11 is 0. The summed E-state index contributed by atoms with van der Waals surface area (Å²) in [6.45, 7) is 0.548. The van der Waals surface area contributed by atoms with Crippen LogP contribution in [0, 0.1) is 23.7 Å². The lowest BCUT2D eigenvalue weighted by molar-refractivity contribution is -0.152. The second-order valence-electron chi connectivity index (χ2n) is 6.21. The Morgan fingerprint density at radius 3 is 2.27 bits per heavy atom. The van der Waals surface area contributed by atoms with Crippen molar-refractivity contribution in [1.29, 1.82) is 0 Å². The molecule has 0 unspecified atom stereocenters. The molecule has 2 N–H and O–H groups in total. The fraction of sp³-hybridized carbons (Fsp3) is 0.444. The van der Waals surface area contributed by atoms with E-state index in [1.54, 1.807) is 0 Å². The first kappa shape index (κ1) is 14.8. The van der Waals surface area contributed by atoms with Gasteiger partial charge in [0.1, 0.15) is 0 Å². The van der Waals surface area contributed by atoms with Crippen LogP contribution in [0.15, 0.2) is 42.5 Å². The van der Waals surface area contributed by atoms with Gasteiger partial charge >= 0.3 is 5.97 Å². The van der Waals surface area contributed by atoms with Gasteiger partial charge < -0.3 is 10.4 Å². The van der Waals surface area contributed by atoms with Crippen molar-refractivity contribution in [1.82, 2.24) is 5.32 Å². The van der Waals surface area contributed by atoms with Gasteiger partial charge in [-0.25, -0.2) is 0 Å². The SMILES string of the molecule is O=C(NCCc1ccccc1)[C@@H]1[C@@H](C(=O)O)[C@H]2C=C[C@@H]1CC2. The summed E-state index contributed by atoms with van der Waals surface area (Å²) in [6, 6.07) is 9.96. The van der Waals surface area contributed by atoms with Gasteiger partial charge in [-0.05, 0) is 36.7 Å². The number of carbonyl (C=O) groups excluding carboxylic acids is 1. The van der Waals surface area contributed by atoms with E-state index in [0.29, 0.717) is 6.54 Å². The molecule has 0 radical (unpaired) electrons. The number of rotatable bonds is 5. The largest absolute Gasteiger partial charge is 0.481 e. The van der Waals surface area contributed by atoms with E-state index in [1.165, 1.54) is 5.56 Å². The van der Waals surface area contributed by atoms with E-state index >= 15 is 0 Å². The molecule has 3 aliphatic rings. The molecule has 22 heavy (non-hydrogen) atoms. The second-order valence-corrected chi connectivity index (χ2v) is 6.21. The highest BCUT2D eigenvalue weighted by atomic mass is 16.4. The summed E-state index contributed by atoms with van der Waals surface area (Å²) < 4.78 is 0. The van der Waals surface area contributed by atoms with Crippen LogP contribution in [0.3, 0.4) is 0 Å². The summed E-state index contributed by atoms with van der Waals surface area (Å²) in [5.74, 6) is -1.86. The molecule has 0 saturated heterocycles. The molecule has 1 aromatic rings. The van der Waals surface area contributed by atoms with Crippen molar-refractivity contribution in [2.24, 2.45) is 23.7 Å². The quantitative estimate of drug-likeness (QED) is 0.820. The first-order chi connectivity index (χ1) is 10.7. The third-order valence-corrected chi connectivity index (χ3v) is 4.89. The Morgan fingerprint density at radius 1 is 1.05 bits per heavy atom. The van der Waals surface area contributed by atoms with Crippen molar-refractivity contribution in [3.8, 4) is 0 Å². The molecule has 116 valence electrons. The lowest BCUT2D eigenvalue weighted by atomic mass is 9.62. The highest BCUT2D eigenvalue weighted by Gasteiger charge is 2.47. The number of allylic oxidation sites excluding steroid dienone is 2. The Hall–Kier alpha value is -2.10. The molecular weight excluding hydrogens is 278 g/mol. The zero-order chi connectivity index (χ0) is 15.5. The summed E-state index contributed by atoms with van der Waals surface area (Å²) in [4.78, 5) is 24.0. The van der Waals surface area contributed by atoms with Crippen LogP contribution in [-0.2, 0) is 16.0 Å². The van der Waals surface area contributed by atoms with Crippen molar-refractivity contribution in [2.75, 3.05) is 6.54 Å². The summed E-state index contributed by atoms with van der Waals surface area (Å²) in [5.41, 5.74) is 1.17. The molecule has 1 amide bonds. The van der Waals surface area contributed by atoms with Crippen molar-refractivity contribution >= 4 is 11.9 Å². The van der Waals surface area contributed by atoms with E-state index in [4.69, 9.17) is 0 Å². The minimum Gasteiger partial charge on any atom is -0.481 e. The lowest BCUT2D eigenvalue weighted by Gasteiger charge is -2.41. The predicted octanol–water partition coefficient (Wildman–Crippen LogP) is 2.26. The first-order valence-corrected chi connectivity index (χ1v) is 7.89. The van der Waals surface area contributed by atoms with E-state index in [1.807, 2.05) is 42.5 Å².